The summed E-state index contributed by atoms with van der Waals surface area (Å²) in [4.78, 5) is 0. The van der Waals surface area contributed by atoms with E-state index in [0.717, 1.165) is 12.3 Å². The summed E-state index contributed by atoms with van der Waals surface area (Å²) < 4.78 is 33.1. The van der Waals surface area contributed by atoms with Crippen molar-refractivity contribution in [3.8, 4) is 16.9 Å². The zero-order valence-corrected chi connectivity index (χ0v) is 12.0. The summed E-state index contributed by atoms with van der Waals surface area (Å²) in [6.45, 7) is 2.05. The van der Waals surface area contributed by atoms with E-state index in [0.29, 0.717) is 12.2 Å². The van der Waals surface area contributed by atoms with E-state index in [2.05, 4.69) is 0 Å². The number of rotatable bonds is 5. The van der Waals surface area contributed by atoms with Gasteiger partial charge in [0, 0.05) is 5.56 Å². The van der Waals surface area contributed by atoms with Crippen LogP contribution in [-0.4, -0.2) is 6.61 Å². The lowest BCUT2D eigenvalue weighted by Crippen LogP contribution is -1.98. The summed E-state index contributed by atoms with van der Waals surface area (Å²) in [5.74, 6) is -0.994. The Labute approximate surface area is 123 Å². The first kappa shape index (κ1) is 14.1. The Morgan fingerprint density at radius 3 is 2.33 bits per heavy atom. The lowest BCUT2D eigenvalue weighted by molar-refractivity contribution is 0.314. The molecule has 0 spiro atoms. The average Bonchev–Trinajstić information content (AvgIpc) is 3.30. The van der Waals surface area contributed by atoms with Gasteiger partial charge in [0.05, 0.1) is 6.61 Å². The van der Waals surface area contributed by atoms with Gasteiger partial charge in [-0.3, -0.25) is 0 Å². The van der Waals surface area contributed by atoms with Crippen molar-refractivity contribution in [2.75, 3.05) is 6.61 Å². The maximum Gasteiger partial charge on any atom is 0.201 e. The van der Waals surface area contributed by atoms with E-state index in [1.54, 1.807) is 13.0 Å². The van der Waals surface area contributed by atoms with Gasteiger partial charge >= 0.3 is 0 Å². The summed E-state index contributed by atoms with van der Waals surface area (Å²) in [7, 11) is 0. The molecule has 1 nitrogen and oxygen atoms in total. The molecule has 0 unspecified atom stereocenters. The van der Waals surface area contributed by atoms with Gasteiger partial charge in [0.2, 0.25) is 5.82 Å². The summed E-state index contributed by atoms with van der Waals surface area (Å²) in [5.41, 5.74) is 2.22. The van der Waals surface area contributed by atoms with Crippen molar-refractivity contribution in [3.05, 3.63) is 53.6 Å². The molecule has 0 aliphatic heterocycles. The Hall–Kier alpha value is -1.90. The molecular formula is C18H18F2O. The number of ether oxygens (including phenoxy) is 1. The van der Waals surface area contributed by atoms with Crippen molar-refractivity contribution in [2.24, 2.45) is 5.92 Å². The first-order valence-electron chi connectivity index (χ1n) is 7.39. The number of halogens is 2. The fourth-order valence-corrected chi connectivity index (χ4v) is 2.50. The van der Waals surface area contributed by atoms with Crippen LogP contribution in [-0.2, 0) is 6.42 Å². The van der Waals surface area contributed by atoms with Crippen LogP contribution in [0.15, 0.2) is 36.4 Å². The highest BCUT2D eigenvalue weighted by molar-refractivity contribution is 5.65. The van der Waals surface area contributed by atoms with Crippen molar-refractivity contribution in [1.29, 1.82) is 0 Å². The third-order valence-electron chi connectivity index (χ3n) is 3.83. The van der Waals surface area contributed by atoms with Gasteiger partial charge < -0.3 is 4.74 Å². The maximum absolute atomic E-state index is 14.1. The van der Waals surface area contributed by atoms with Crippen LogP contribution >= 0.6 is 0 Å². The Balaban J connectivity index is 1.87. The molecule has 2 aromatic rings. The molecule has 0 heterocycles. The SMILES string of the molecule is CCOc1ccc(-c2ccc(CC3CC3)cc2)c(F)c1F. The third-order valence-corrected chi connectivity index (χ3v) is 3.83. The fourth-order valence-electron chi connectivity index (χ4n) is 2.50. The van der Waals surface area contributed by atoms with Crippen molar-refractivity contribution >= 4 is 0 Å². The molecule has 1 aliphatic carbocycles. The van der Waals surface area contributed by atoms with Crippen LogP contribution in [0, 0.1) is 17.6 Å². The molecule has 3 heteroatoms. The van der Waals surface area contributed by atoms with Crippen LogP contribution < -0.4 is 4.74 Å². The number of hydrogen-bond acceptors (Lipinski definition) is 1. The molecule has 110 valence electrons. The zero-order valence-electron chi connectivity index (χ0n) is 12.0. The third kappa shape index (κ3) is 3.07. The Morgan fingerprint density at radius 2 is 1.71 bits per heavy atom. The quantitative estimate of drug-likeness (QED) is 0.753. The predicted octanol–water partition coefficient (Wildman–Crippen LogP) is 4.98. The molecule has 0 saturated heterocycles. The van der Waals surface area contributed by atoms with E-state index in [4.69, 9.17) is 4.74 Å². The minimum absolute atomic E-state index is 0.0379. The fraction of sp³-hybridized carbons (Fsp3) is 0.333. The van der Waals surface area contributed by atoms with Crippen molar-refractivity contribution < 1.29 is 13.5 Å². The lowest BCUT2D eigenvalue weighted by atomic mass is 10.0. The lowest BCUT2D eigenvalue weighted by Gasteiger charge is -2.09. The van der Waals surface area contributed by atoms with Gasteiger partial charge in [0.1, 0.15) is 0 Å². The molecule has 1 fully saturated rings. The topological polar surface area (TPSA) is 9.23 Å². The molecule has 0 aromatic heterocycles. The molecule has 0 bridgehead atoms. The first-order valence-corrected chi connectivity index (χ1v) is 7.39. The van der Waals surface area contributed by atoms with Gasteiger partial charge in [-0.1, -0.05) is 24.3 Å². The molecular weight excluding hydrogens is 270 g/mol. The van der Waals surface area contributed by atoms with E-state index >= 15 is 0 Å². The zero-order chi connectivity index (χ0) is 14.8. The minimum Gasteiger partial charge on any atom is -0.491 e. The van der Waals surface area contributed by atoms with E-state index in [1.807, 2.05) is 24.3 Å². The molecule has 0 atom stereocenters. The highest BCUT2D eigenvalue weighted by Gasteiger charge is 2.21. The van der Waals surface area contributed by atoms with Crippen LogP contribution in [0.2, 0.25) is 0 Å². The molecule has 21 heavy (non-hydrogen) atoms. The Bertz CT molecular complexity index is 630. The Kier molecular flexibility index (Phi) is 3.91. The molecule has 0 amide bonds. The molecule has 0 radical (unpaired) electrons. The molecule has 1 saturated carbocycles. The van der Waals surface area contributed by atoms with Crippen molar-refractivity contribution in [3.63, 3.8) is 0 Å². The number of hydrogen-bond donors (Lipinski definition) is 0. The van der Waals surface area contributed by atoms with E-state index < -0.39 is 11.6 Å². The van der Waals surface area contributed by atoms with E-state index in [-0.39, 0.29) is 11.3 Å². The minimum atomic E-state index is -0.920. The maximum atomic E-state index is 14.1. The van der Waals surface area contributed by atoms with Gasteiger partial charge in [0.25, 0.3) is 0 Å². The second-order valence-electron chi connectivity index (χ2n) is 5.52. The monoisotopic (exact) mass is 288 g/mol. The molecule has 0 N–H and O–H groups in total. The summed E-state index contributed by atoms with van der Waals surface area (Å²) >= 11 is 0. The summed E-state index contributed by atoms with van der Waals surface area (Å²) in [6.07, 6.45) is 3.70. The van der Waals surface area contributed by atoms with E-state index in [9.17, 15) is 8.78 Å². The van der Waals surface area contributed by atoms with Crippen molar-refractivity contribution in [1.82, 2.24) is 0 Å². The van der Waals surface area contributed by atoms with Crippen molar-refractivity contribution in [2.45, 2.75) is 26.2 Å². The van der Waals surface area contributed by atoms with Gasteiger partial charge in [-0.25, -0.2) is 4.39 Å². The first-order chi connectivity index (χ1) is 10.2. The smallest absolute Gasteiger partial charge is 0.201 e. The van der Waals surface area contributed by atoms with Crippen LogP contribution in [0.3, 0.4) is 0 Å². The predicted molar refractivity (Wildman–Crippen MR) is 79.4 cm³/mol. The number of benzene rings is 2. The normalized spacial score (nSPS) is 14.2. The van der Waals surface area contributed by atoms with Crippen LogP contribution in [0.25, 0.3) is 11.1 Å². The molecule has 3 rings (SSSR count). The summed E-state index contributed by atoms with van der Waals surface area (Å²) in [6, 6.07) is 10.8. The van der Waals surface area contributed by atoms with Gasteiger partial charge in [-0.2, -0.15) is 4.39 Å². The largest absolute Gasteiger partial charge is 0.491 e. The van der Waals surface area contributed by atoms with Gasteiger partial charge in [-0.15, -0.1) is 0 Å². The second-order valence-corrected chi connectivity index (χ2v) is 5.52. The van der Waals surface area contributed by atoms with Gasteiger partial charge in [-0.05, 0) is 55.4 Å². The standard InChI is InChI=1S/C18H18F2O/c1-2-21-16-10-9-15(17(19)18(16)20)14-7-5-13(6-8-14)11-12-3-4-12/h5-10,12H,2-4,11H2,1H3. The van der Waals surface area contributed by atoms with Crippen LogP contribution in [0.1, 0.15) is 25.3 Å². The van der Waals surface area contributed by atoms with E-state index in [1.165, 1.54) is 24.5 Å². The van der Waals surface area contributed by atoms with Crippen LogP contribution in [0.4, 0.5) is 8.78 Å². The summed E-state index contributed by atoms with van der Waals surface area (Å²) in [5, 5.41) is 0. The highest BCUT2D eigenvalue weighted by atomic mass is 19.2. The van der Waals surface area contributed by atoms with Gasteiger partial charge in [0.15, 0.2) is 11.6 Å². The van der Waals surface area contributed by atoms with Crippen LogP contribution in [0.5, 0.6) is 5.75 Å². The highest BCUT2D eigenvalue weighted by Crippen LogP contribution is 2.34. The Morgan fingerprint density at radius 1 is 1.00 bits per heavy atom. The second kappa shape index (κ2) is 5.84. The molecule has 1 aliphatic rings. The molecule has 2 aromatic carbocycles. The average molecular weight is 288 g/mol.